The van der Waals surface area contributed by atoms with Crippen LogP contribution >= 0.6 is 22.9 Å². The fourth-order valence-electron chi connectivity index (χ4n) is 2.05. The maximum Gasteiger partial charge on any atom is 0.267 e. The second kappa shape index (κ2) is 8.94. The number of carbonyl (C=O) groups is 2. The van der Waals surface area contributed by atoms with E-state index in [1.807, 2.05) is 54.3 Å². The number of nitrogens with two attached hydrogens (primary N) is 1. The molecule has 0 aliphatic rings. The zero-order valence-electron chi connectivity index (χ0n) is 14.1. The predicted octanol–water partition coefficient (Wildman–Crippen LogP) is 1.78. The number of nitrogens with one attached hydrogen (secondary N) is 1. The van der Waals surface area contributed by atoms with Gasteiger partial charge in [0.15, 0.2) is 4.80 Å². The van der Waals surface area contributed by atoms with Crippen LogP contribution in [0.25, 0.3) is 0 Å². The molecule has 3 N–H and O–H groups in total. The lowest BCUT2D eigenvalue weighted by Gasteiger charge is -2.14. The molecule has 2 rings (SSSR count). The SMILES string of the molecule is CC(C)[C@H](N)C(=O)NCC(=O)N=c1sccn1Cc1ccccc1Cl. The molecule has 1 atom stereocenters. The third-order valence-corrected chi connectivity index (χ3v) is 4.78. The highest BCUT2D eigenvalue weighted by atomic mass is 35.5. The fraction of sp³-hybridized carbons (Fsp3) is 0.353. The third-order valence-electron chi connectivity index (χ3n) is 3.61. The van der Waals surface area contributed by atoms with Gasteiger partial charge in [-0.05, 0) is 17.5 Å². The highest BCUT2D eigenvalue weighted by Gasteiger charge is 2.17. The number of halogens is 1. The molecule has 1 aromatic heterocycles. The lowest BCUT2D eigenvalue weighted by molar-refractivity contribution is -0.126. The molecule has 0 bridgehead atoms. The molecular formula is C17H21ClN4O2S. The maximum absolute atomic E-state index is 12.0. The zero-order valence-corrected chi connectivity index (χ0v) is 15.7. The number of carbonyl (C=O) groups excluding carboxylic acids is 2. The van der Waals surface area contributed by atoms with Crippen molar-refractivity contribution in [2.75, 3.05) is 6.54 Å². The van der Waals surface area contributed by atoms with Gasteiger partial charge in [-0.25, -0.2) is 0 Å². The van der Waals surface area contributed by atoms with Crippen molar-refractivity contribution in [2.24, 2.45) is 16.6 Å². The Bertz CT molecular complexity index is 813. The first-order chi connectivity index (χ1) is 11.9. The summed E-state index contributed by atoms with van der Waals surface area (Å²) >= 11 is 7.52. The van der Waals surface area contributed by atoms with Gasteiger partial charge in [-0.3, -0.25) is 9.59 Å². The molecule has 1 aromatic carbocycles. The third kappa shape index (κ3) is 5.52. The van der Waals surface area contributed by atoms with Crippen LogP contribution in [-0.4, -0.2) is 29.0 Å². The molecule has 0 saturated heterocycles. The van der Waals surface area contributed by atoms with Gasteiger partial charge in [0.05, 0.1) is 19.1 Å². The Morgan fingerprint density at radius 3 is 2.76 bits per heavy atom. The number of rotatable bonds is 6. The normalized spacial score (nSPS) is 13.1. The molecular weight excluding hydrogens is 360 g/mol. The minimum absolute atomic E-state index is 0.00196. The average Bonchev–Trinajstić information content (AvgIpc) is 3.00. The Labute approximate surface area is 155 Å². The van der Waals surface area contributed by atoms with Gasteiger partial charge in [-0.1, -0.05) is 43.6 Å². The van der Waals surface area contributed by atoms with Crippen LogP contribution in [0.1, 0.15) is 19.4 Å². The monoisotopic (exact) mass is 380 g/mol. The second-order valence-corrected chi connectivity index (χ2v) is 7.18. The molecule has 0 aliphatic heterocycles. The summed E-state index contributed by atoms with van der Waals surface area (Å²) in [6.45, 7) is 4.03. The van der Waals surface area contributed by atoms with Crippen LogP contribution in [0.4, 0.5) is 0 Å². The van der Waals surface area contributed by atoms with E-state index in [2.05, 4.69) is 10.3 Å². The number of thiazole rings is 1. The van der Waals surface area contributed by atoms with Crippen LogP contribution in [0, 0.1) is 5.92 Å². The second-order valence-electron chi connectivity index (χ2n) is 5.90. The summed E-state index contributed by atoms with van der Waals surface area (Å²) in [7, 11) is 0. The maximum atomic E-state index is 12.0. The predicted molar refractivity (Wildman–Crippen MR) is 99.3 cm³/mol. The van der Waals surface area contributed by atoms with Crippen molar-refractivity contribution in [1.82, 2.24) is 9.88 Å². The van der Waals surface area contributed by atoms with Crippen molar-refractivity contribution < 1.29 is 9.59 Å². The molecule has 2 amide bonds. The van der Waals surface area contributed by atoms with Crippen LogP contribution in [-0.2, 0) is 16.1 Å². The Hall–Kier alpha value is -1.96. The van der Waals surface area contributed by atoms with E-state index in [0.29, 0.717) is 16.4 Å². The molecule has 25 heavy (non-hydrogen) atoms. The Balaban J connectivity index is 2.04. The van der Waals surface area contributed by atoms with Gasteiger partial charge >= 0.3 is 0 Å². The first-order valence-corrected chi connectivity index (χ1v) is 9.12. The standard InChI is InChI=1S/C17H21ClN4O2S/c1-11(2)15(19)16(24)20-9-14(23)21-17-22(7-8-25-17)10-12-5-3-4-6-13(12)18/h3-8,11,15H,9-10,19H2,1-2H3,(H,20,24)/t15-/m0/s1. The van der Waals surface area contributed by atoms with Crippen molar-refractivity contribution in [3.05, 3.63) is 51.2 Å². The van der Waals surface area contributed by atoms with Gasteiger partial charge in [0.2, 0.25) is 5.91 Å². The van der Waals surface area contributed by atoms with Gasteiger partial charge in [0.1, 0.15) is 0 Å². The summed E-state index contributed by atoms with van der Waals surface area (Å²) in [5.41, 5.74) is 6.68. The lowest BCUT2D eigenvalue weighted by Crippen LogP contribution is -2.45. The van der Waals surface area contributed by atoms with Crippen LogP contribution in [0.15, 0.2) is 40.8 Å². The molecule has 0 saturated carbocycles. The largest absolute Gasteiger partial charge is 0.346 e. The van der Waals surface area contributed by atoms with Crippen molar-refractivity contribution in [3.63, 3.8) is 0 Å². The molecule has 0 aliphatic carbocycles. The lowest BCUT2D eigenvalue weighted by atomic mass is 10.1. The van der Waals surface area contributed by atoms with Gasteiger partial charge in [0.25, 0.3) is 5.91 Å². The first kappa shape index (κ1) is 19.4. The van der Waals surface area contributed by atoms with Gasteiger partial charge < -0.3 is 15.6 Å². The minimum Gasteiger partial charge on any atom is -0.346 e. The van der Waals surface area contributed by atoms with E-state index in [-0.39, 0.29) is 18.4 Å². The summed E-state index contributed by atoms with van der Waals surface area (Å²) in [5, 5.41) is 5.03. The van der Waals surface area contributed by atoms with Gasteiger partial charge in [0, 0.05) is 16.6 Å². The summed E-state index contributed by atoms with van der Waals surface area (Å²) in [5.74, 6) is -0.782. The fourth-order valence-corrected chi connectivity index (χ4v) is 2.99. The number of amides is 2. The molecule has 6 nitrogen and oxygen atoms in total. The Morgan fingerprint density at radius 1 is 1.36 bits per heavy atom. The summed E-state index contributed by atoms with van der Waals surface area (Å²) < 4.78 is 1.84. The van der Waals surface area contributed by atoms with E-state index in [0.717, 1.165) is 5.56 Å². The molecule has 0 unspecified atom stereocenters. The van der Waals surface area contributed by atoms with E-state index in [4.69, 9.17) is 17.3 Å². The number of benzene rings is 1. The van der Waals surface area contributed by atoms with Crippen LogP contribution in [0.5, 0.6) is 0 Å². The van der Waals surface area contributed by atoms with E-state index in [1.54, 1.807) is 0 Å². The molecule has 0 spiro atoms. The zero-order chi connectivity index (χ0) is 18.4. The molecule has 0 radical (unpaired) electrons. The van der Waals surface area contributed by atoms with Crippen LogP contribution in [0.3, 0.4) is 0 Å². The van der Waals surface area contributed by atoms with Gasteiger partial charge in [-0.15, -0.1) is 11.3 Å². The molecule has 1 heterocycles. The summed E-state index contributed by atoms with van der Waals surface area (Å²) in [6, 6.07) is 6.87. The van der Waals surface area contributed by atoms with Crippen LogP contribution in [0.2, 0.25) is 5.02 Å². The van der Waals surface area contributed by atoms with Crippen molar-refractivity contribution >= 4 is 34.8 Å². The highest BCUT2D eigenvalue weighted by Crippen LogP contribution is 2.15. The van der Waals surface area contributed by atoms with E-state index in [1.165, 1.54) is 11.3 Å². The molecule has 2 aromatic rings. The summed E-state index contributed by atoms with van der Waals surface area (Å²) in [6.07, 6.45) is 1.84. The Kier molecular flexibility index (Phi) is 6.92. The average molecular weight is 381 g/mol. The van der Waals surface area contributed by atoms with E-state index in [9.17, 15) is 9.59 Å². The molecule has 134 valence electrons. The van der Waals surface area contributed by atoms with Gasteiger partial charge in [-0.2, -0.15) is 4.99 Å². The smallest absolute Gasteiger partial charge is 0.267 e. The first-order valence-electron chi connectivity index (χ1n) is 7.86. The topological polar surface area (TPSA) is 89.5 Å². The summed E-state index contributed by atoms with van der Waals surface area (Å²) in [4.78, 5) is 28.4. The number of hydrogen-bond acceptors (Lipinski definition) is 4. The minimum atomic E-state index is -0.639. The molecule has 8 heteroatoms. The quantitative estimate of drug-likeness (QED) is 0.800. The van der Waals surface area contributed by atoms with Crippen molar-refractivity contribution in [1.29, 1.82) is 0 Å². The number of hydrogen-bond donors (Lipinski definition) is 2. The van der Waals surface area contributed by atoms with Crippen molar-refractivity contribution in [3.8, 4) is 0 Å². The van der Waals surface area contributed by atoms with E-state index < -0.39 is 11.9 Å². The highest BCUT2D eigenvalue weighted by molar-refractivity contribution is 7.07. The van der Waals surface area contributed by atoms with E-state index >= 15 is 0 Å². The molecule has 0 fully saturated rings. The Morgan fingerprint density at radius 2 is 2.08 bits per heavy atom. The number of nitrogens with zero attached hydrogens (tertiary/aromatic N) is 2. The van der Waals surface area contributed by atoms with Crippen molar-refractivity contribution in [2.45, 2.75) is 26.4 Å². The van der Waals surface area contributed by atoms with Crippen LogP contribution < -0.4 is 15.9 Å². The number of aromatic nitrogens is 1.